The maximum atomic E-state index is 11.5. The van der Waals surface area contributed by atoms with Crippen LogP contribution in [-0.4, -0.2) is 37.0 Å². The second kappa shape index (κ2) is 7.55. The van der Waals surface area contributed by atoms with Crippen LogP contribution in [0, 0.1) is 0 Å². The second-order valence-corrected chi connectivity index (χ2v) is 5.66. The van der Waals surface area contributed by atoms with Crippen molar-refractivity contribution in [3.05, 3.63) is 35.4 Å². The maximum absolute atomic E-state index is 11.5. The number of Topliss-reactive ketones (excluding diaryl/α,β-unsaturated/α-hetero) is 1. The molecule has 0 aliphatic carbocycles. The third kappa shape index (κ3) is 4.15. The van der Waals surface area contributed by atoms with E-state index in [0.717, 1.165) is 31.7 Å². The number of hydrogen-bond donors (Lipinski definition) is 0. The summed E-state index contributed by atoms with van der Waals surface area (Å²) >= 11 is 0. The summed E-state index contributed by atoms with van der Waals surface area (Å²) in [7, 11) is 1.77. The standard InChI is InChI=1S/C17H25NO2/c1-14(19)16-7-5-6-15(12-16)13-18-10-4-3-8-17(18)9-11-20-2/h5-7,12,17H,3-4,8-11,13H2,1-2H3. The summed E-state index contributed by atoms with van der Waals surface area (Å²) in [5, 5.41) is 0. The predicted molar refractivity (Wildman–Crippen MR) is 81.0 cm³/mol. The Labute approximate surface area is 121 Å². The van der Waals surface area contributed by atoms with E-state index >= 15 is 0 Å². The van der Waals surface area contributed by atoms with Gasteiger partial charge < -0.3 is 4.74 Å². The Morgan fingerprint density at radius 2 is 2.25 bits per heavy atom. The number of piperidine rings is 1. The molecule has 1 aliphatic heterocycles. The van der Waals surface area contributed by atoms with Crippen LogP contribution in [-0.2, 0) is 11.3 Å². The number of hydrogen-bond acceptors (Lipinski definition) is 3. The van der Waals surface area contributed by atoms with E-state index in [1.807, 2.05) is 18.2 Å². The predicted octanol–water partition coefficient (Wildman–Crippen LogP) is 3.28. The van der Waals surface area contributed by atoms with Crippen molar-refractivity contribution < 1.29 is 9.53 Å². The van der Waals surface area contributed by atoms with Gasteiger partial charge in [0.25, 0.3) is 0 Å². The average Bonchev–Trinajstić information content (AvgIpc) is 2.46. The molecule has 2 rings (SSSR count). The summed E-state index contributed by atoms with van der Waals surface area (Å²) in [6.45, 7) is 4.55. The molecule has 1 aromatic rings. The first-order valence-corrected chi connectivity index (χ1v) is 7.53. The smallest absolute Gasteiger partial charge is 0.159 e. The Hall–Kier alpha value is -1.19. The molecule has 1 aromatic carbocycles. The number of carbonyl (C=O) groups is 1. The molecule has 0 radical (unpaired) electrons. The van der Waals surface area contributed by atoms with Crippen LogP contribution in [0.3, 0.4) is 0 Å². The van der Waals surface area contributed by atoms with E-state index in [-0.39, 0.29) is 5.78 Å². The fraction of sp³-hybridized carbons (Fsp3) is 0.588. The van der Waals surface area contributed by atoms with Crippen LogP contribution in [0.2, 0.25) is 0 Å². The van der Waals surface area contributed by atoms with Crippen LogP contribution in [0.1, 0.15) is 48.5 Å². The van der Waals surface area contributed by atoms with Crippen molar-refractivity contribution >= 4 is 5.78 Å². The maximum Gasteiger partial charge on any atom is 0.159 e. The molecule has 0 spiro atoms. The Kier molecular flexibility index (Phi) is 5.74. The molecular weight excluding hydrogens is 250 g/mol. The quantitative estimate of drug-likeness (QED) is 0.746. The van der Waals surface area contributed by atoms with E-state index in [4.69, 9.17) is 4.74 Å². The molecule has 1 unspecified atom stereocenters. The summed E-state index contributed by atoms with van der Waals surface area (Å²) < 4.78 is 5.22. The highest BCUT2D eigenvalue weighted by atomic mass is 16.5. The molecule has 1 fully saturated rings. The van der Waals surface area contributed by atoms with Crippen LogP contribution >= 0.6 is 0 Å². The Bertz CT molecular complexity index is 444. The Morgan fingerprint density at radius 3 is 3.00 bits per heavy atom. The number of ketones is 1. The van der Waals surface area contributed by atoms with Crippen LogP contribution in [0.4, 0.5) is 0 Å². The topological polar surface area (TPSA) is 29.5 Å². The minimum absolute atomic E-state index is 0.140. The molecule has 1 aliphatic rings. The lowest BCUT2D eigenvalue weighted by atomic mass is 9.98. The molecule has 1 heterocycles. The summed E-state index contributed by atoms with van der Waals surface area (Å²) in [5.41, 5.74) is 2.05. The summed E-state index contributed by atoms with van der Waals surface area (Å²) in [6, 6.07) is 8.65. The minimum atomic E-state index is 0.140. The van der Waals surface area contributed by atoms with Gasteiger partial charge >= 0.3 is 0 Å². The summed E-state index contributed by atoms with van der Waals surface area (Å²) in [5.74, 6) is 0.140. The van der Waals surface area contributed by atoms with Gasteiger partial charge in [-0.3, -0.25) is 9.69 Å². The SMILES string of the molecule is COCCC1CCCCN1Cc1cccc(C(C)=O)c1. The monoisotopic (exact) mass is 275 g/mol. The lowest BCUT2D eigenvalue weighted by Crippen LogP contribution is -2.39. The van der Waals surface area contributed by atoms with Crippen LogP contribution < -0.4 is 0 Å². The molecule has 0 N–H and O–H groups in total. The molecule has 0 bridgehead atoms. The molecule has 0 saturated carbocycles. The van der Waals surface area contributed by atoms with Crippen LogP contribution in [0.15, 0.2) is 24.3 Å². The zero-order chi connectivity index (χ0) is 14.4. The van der Waals surface area contributed by atoms with Gasteiger partial charge in [0.2, 0.25) is 0 Å². The van der Waals surface area contributed by atoms with Crippen molar-refractivity contribution in [3.8, 4) is 0 Å². The van der Waals surface area contributed by atoms with Crippen molar-refractivity contribution in [1.29, 1.82) is 0 Å². The van der Waals surface area contributed by atoms with Crippen molar-refractivity contribution in [1.82, 2.24) is 4.90 Å². The van der Waals surface area contributed by atoms with E-state index in [1.54, 1.807) is 14.0 Å². The highest BCUT2D eigenvalue weighted by Gasteiger charge is 2.22. The third-order valence-electron chi connectivity index (χ3n) is 4.12. The lowest BCUT2D eigenvalue weighted by Gasteiger charge is -2.35. The highest BCUT2D eigenvalue weighted by Crippen LogP contribution is 2.22. The molecule has 3 heteroatoms. The van der Waals surface area contributed by atoms with Gasteiger partial charge in [-0.15, -0.1) is 0 Å². The van der Waals surface area contributed by atoms with Gasteiger partial charge in [-0.2, -0.15) is 0 Å². The molecule has 1 saturated heterocycles. The van der Waals surface area contributed by atoms with Gasteiger partial charge in [0, 0.05) is 31.9 Å². The zero-order valence-electron chi connectivity index (χ0n) is 12.6. The highest BCUT2D eigenvalue weighted by molar-refractivity contribution is 5.94. The van der Waals surface area contributed by atoms with E-state index in [1.165, 1.54) is 24.8 Å². The molecule has 110 valence electrons. The van der Waals surface area contributed by atoms with E-state index in [2.05, 4.69) is 11.0 Å². The Morgan fingerprint density at radius 1 is 1.40 bits per heavy atom. The van der Waals surface area contributed by atoms with Gasteiger partial charge in [0.15, 0.2) is 5.78 Å². The van der Waals surface area contributed by atoms with E-state index in [9.17, 15) is 4.79 Å². The van der Waals surface area contributed by atoms with Gasteiger partial charge in [-0.25, -0.2) is 0 Å². The van der Waals surface area contributed by atoms with Crippen molar-refractivity contribution in [2.45, 2.75) is 45.2 Å². The molecular formula is C17H25NO2. The first-order valence-electron chi connectivity index (χ1n) is 7.53. The molecule has 20 heavy (non-hydrogen) atoms. The summed E-state index contributed by atoms with van der Waals surface area (Å²) in [4.78, 5) is 14.0. The van der Waals surface area contributed by atoms with Gasteiger partial charge in [-0.05, 0) is 44.4 Å². The summed E-state index contributed by atoms with van der Waals surface area (Å²) in [6.07, 6.45) is 4.95. The average molecular weight is 275 g/mol. The fourth-order valence-corrected chi connectivity index (χ4v) is 2.97. The Balaban J connectivity index is 2.02. The molecule has 3 nitrogen and oxygen atoms in total. The first-order chi connectivity index (χ1) is 9.70. The number of ether oxygens (including phenoxy) is 1. The number of carbonyl (C=O) groups excluding carboxylic acids is 1. The van der Waals surface area contributed by atoms with E-state index in [0.29, 0.717) is 6.04 Å². The number of methoxy groups -OCH3 is 1. The van der Waals surface area contributed by atoms with Gasteiger partial charge in [-0.1, -0.05) is 24.6 Å². The van der Waals surface area contributed by atoms with Crippen molar-refractivity contribution in [2.75, 3.05) is 20.3 Å². The van der Waals surface area contributed by atoms with Gasteiger partial charge in [0.1, 0.15) is 0 Å². The van der Waals surface area contributed by atoms with Crippen LogP contribution in [0.5, 0.6) is 0 Å². The second-order valence-electron chi connectivity index (χ2n) is 5.66. The number of rotatable bonds is 6. The molecule has 0 amide bonds. The molecule has 1 atom stereocenters. The lowest BCUT2D eigenvalue weighted by molar-refractivity contribution is 0.0972. The molecule has 0 aromatic heterocycles. The fourth-order valence-electron chi connectivity index (χ4n) is 2.97. The third-order valence-corrected chi connectivity index (χ3v) is 4.12. The first kappa shape index (κ1) is 15.2. The van der Waals surface area contributed by atoms with Crippen molar-refractivity contribution in [3.63, 3.8) is 0 Å². The van der Waals surface area contributed by atoms with E-state index < -0.39 is 0 Å². The zero-order valence-corrected chi connectivity index (χ0v) is 12.6. The minimum Gasteiger partial charge on any atom is -0.385 e. The largest absolute Gasteiger partial charge is 0.385 e. The number of likely N-dealkylation sites (tertiary alicyclic amines) is 1. The number of benzene rings is 1. The normalized spacial score (nSPS) is 20.0. The van der Waals surface area contributed by atoms with Gasteiger partial charge in [0.05, 0.1) is 0 Å². The van der Waals surface area contributed by atoms with Crippen molar-refractivity contribution in [2.24, 2.45) is 0 Å². The number of nitrogens with zero attached hydrogens (tertiary/aromatic N) is 1. The van der Waals surface area contributed by atoms with Crippen LogP contribution in [0.25, 0.3) is 0 Å².